The average Bonchev–Trinajstić information content (AvgIpc) is 3.87. The van der Waals surface area contributed by atoms with Crippen molar-refractivity contribution in [3.63, 3.8) is 0 Å². The molecule has 1 aliphatic heterocycles. The van der Waals surface area contributed by atoms with Gasteiger partial charge in [0.25, 0.3) is 0 Å². The SMILES string of the molecule is C1=Cc2c(c3c4ccccc4n(-c4nc(-c5cccc6c5Sc5ccccc5S6)c5sc6ccccc6c5n4)c3c3c2sc2ccccc23)CC1. The van der Waals surface area contributed by atoms with Gasteiger partial charge in [-0.1, -0.05) is 115 Å². The van der Waals surface area contributed by atoms with E-state index in [4.69, 9.17) is 9.97 Å². The van der Waals surface area contributed by atoms with E-state index in [-0.39, 0.29) is 0 Å². The third-order valence-electron chi connectivity index (χ3n) is 10.3. The number of aryl methyl sites for hydroxylation is 1. The van der Waals surface area contributed by atoms with E-state index in [2.05, 4.69) is 132 Å². The number of nitrogens with zero attached hydrogens (tertiary/aromatic N) is 3. The molecule has 12 rings (SSSR count). The summed E-state index contributed by atoms with van der Waals surface area (Å²) in [5.74, 6) is 0.724. The minimum absolute atomic E-state index is 0.724. The number of aromatic nitrogens is 3. The van der Waals surface area contributed by atoms with E-state index in [0.29, 0.717) is 0 Å². The number of para-hydroxylation sites is 1. The van der Waals surface area contributed by atoms with Gasteiger partial charge in [0.2, 0.25) is 5.95 Å². The Labute approximate surface area is 309 Å². The van der Waals surface area contributed by atoms with Crippen LogP contribution in [0.25, 0.3) is 85.6 Å². The fourth-order valence-corrected chi connectivity index (χ4v) is 13.0. The third kappa shape index (κ3) is 4.03. The van der Waals surface area contributed by atoms with Crippen LogP contribution in [-0.2, 0) is 6.42 Å². The van der Waals surface area contributed by atoms with Crippen LogP contribution in [0.15, 0.2) is 141 Å². The predicted octanol–water partition coefficient (Wildman–Crippen LogP) is 13.6. The van der Waals surface area contributed by atoms with Crippen molar-refractivity contribution >= 4 is 115 Å². The van der Waals surface area contributed by atoms with Crippen LogP contribution in [0.2, 0.25) is 0 Å². The van der Waals surface area contributed by atoms with Gasteiger partial charge in [-0.2, -0.15) is 0 Å². The summed E-state index contributed by atoms with van der Waals surface area (Å²) in [6, 6.07) is 41.9. The number of hydrogen-bond donors (Lipinski definition) is 0. The molecule has 0 fully saturated rings. The van der Waals surface area contributed by atoms with E-state index < -0.39 is 0 Å². The van der Waals surface area contributed by atoms with E-state index in [1.54, 1.807) is 11.3 Å². The monoisotopic (exact) mass is 723 g/mol. The molecular weight excluding hydrogens is 699 g/mol. The quantitative estimate of drug-likeness (QED) is 0.178. The van der Waals surface area contributed by atoms with Crippen LogP contribution in [0.3, 0.4) is 0 Å². The van der Waals surface area contributed by atoms with Crippen LogP contribution in [0.5, 0.6) is 0 Å². The molecule has 0 amide bonds. The Morgan fingerprint density at radius 3 is 2.18 bits per heavy atom. The molecule has 51 heavy (non-hydrogen) atoms. The topological polar surface area (TPSA) is 30.7 Å². The van der Waals surface area contributed by atoms with Crippen LogP contribution in [0.1, 0.15) is 17.5 Å². The van der Waals surface area contributed by atoms with Gasteiger partial charge < -0.3 is 0 Å². The number of fused-ring (bicyclic) bond motifs is 15. The molecule has 0 bridgehead atoms. The summed E-state index contributed by atoms with van der Waals surface area (Å²) in [4.78, 5) is 16.4. The number of rotatable bonds is 2. The highest BCUT2D eigenvalue weighted by molar-refractivity contribution is 8.05. The molecule has 0 atom stereocenters. The van der Waals surface area contributed by atoms with Crippen LogP contribution >= 0.6 is 46.2 Å². The van der Waals surface area contributed by atoms with E-state index >= 15 is 0 Å². The maximum atomic E-state index is 5.69. The molecule has 7 heteroatoms. The number of thiophene rings is 2. The highest BCUT2D eigenvalue weighted by Gasteiger charge is 2.28. The summed E-state index contributed by atoms with van der Waals surface area (Å²) < 4.78 is 7.42. The van der Waals surface area contributed by atoms with Crippen LogP contribution in [0.4, 0.5) is 0 Å². The Kier molecular flexibility index (Phi) is 6.08. The van der Waals surface area contributed by atoms with Gasteiger partial charge in [0.1, 0.15) is 0 Å². The Hall–Kier alpha value is -4.92. The van der Waals surface area contributed by atoms with Crippen LogP contribution in [-0.4, -0.2) is 14.5 Å². The first-order valence-electron chi connectivity index (χ1n) is 17.1. The highest BCUT2D eigenvalue weighted by atomic mass is 32.2. The van der Waals surface area contributed by atoms with Crippen molar-refractivity contribution in [2.45, 2.75) is 32.4 Å². The number of benzene rings is 6. The number of hydrogen-bond acceptors (Lipinski definition) is 6. The fourth-order valence-electron chi connectivity index (χ4n) is 8.19. The predicted molar refractivity (Wildman–Crippen MR) is 220 cm³/mol. The van der Waals surface area contributed by atoms with Crippen molar-refractivity contribution in [2.24, 2.45) is 0 Å². The zero-order chi connectivity index (χ0) is 33.2. The second-order valence-electron chi connectivity index (χ2n) is 13.1. The summed E-state index contributed by atoms with van der Waals surface area (Å²) >= 11 is 7.43. The molecule has 240 valence electrons. The molecule has 5 heterocycles. The Balaban J connectivity index is 1.25. The molecular formula is C44H25N3S4. The van der Waals surface area contributed by atoms with Gasteiger partial charge in [0.05, 0.1) is 26.9 Å². The minimum atomic E-state index is 0.724. The molecule has 10 aromatic rings. The van der Waals surface area contributed by atoms with Gasteiger partial charge in [0, 0.05) is 66.2 Å². The first-order chi connectivity index (χ1) is 25.3. The average molecular weight is 724 g/mol. The van der Waals surface area contributed by atoms with Gasteiger partial charge in [-0.05, 0) is 60.4 Å². The van der Waals surface area contributed by atoms with Crippen molar-refractivity contribution in [3.05, 3.63) is 132 Å². The molecule has 0 spiro atoms. The molecule has 3 nitrogen and oxygen atoms in total. The molecule has 4 aromatic heterocycles. The van der Waals surface area contributed by atoms with Crippen molar-refractivity contribution in [2.75, 3.05) is 0 Å². The van der Waals surface area contributed by atoms with Gasteiger partial charge in [-0.25, -0.2) is 9.97 Å². The van der Waals surface area contributed by atoms with Crippen LogP contribution in [0, 0.1) is 0 Å². The van der Waals surface area contributed by atoms with Crippen molar-refractivity contribution in [1.82, 2.24) is 14.5 Å². The van der Waals surface area contributed by atoms with Crippen LogP contribution < -0.4 is 0 Å². The van der Waals surface area contributed by atoms with Crippen molar-refractivity contribution < 1.29 is 0 Å². The lowest BCUT2D eigenvalue weighted by atomic mass is 9.90. The first kappa shape index (κ1) is 28.7. The van der Waals surface area contributed by atoms with Gasteiger partial charge >= 0.3 is 0 Å². The van der Waals surface area contributed by atoms with E-state index in [1.807, 2.05) is 34.9 Å². The zero-order valence-electron chi connectivity index (χ0n) is 27.0. The molecule has 2 aliphatic rings. The largest absolute Gasteiger partial charge is 0.277 e. The van der Waals surface area contributed by atoms with Gasteiger partial charge in [0.15, 0.2) is 0 Å². The fraction of sp³-hybridized carbons (Fsp3) is 0.0455. The minimum Gasteiger partial charge on any atom is -0.277 e. The normalized spacial score (nSPS) is 13.9. The second kappa shape index (κ2) is 10.8. The van der Waals surface area contributed by atoms with Gasteiger partial charge in [-0.15, -0.1) is 22.7 Å². The molecule has 0 radical (unpaired) electrons. The Morgan fingerprint density at radius 2 is 1.29 bits per heavy atom. The number of allylic oxidation sites excluding steroid dienone is 1. The Morgan fingerprint density at radius 1 is 0.588 bits per heavy atom. The summed E-state index contributed by atoms with van der Waals surface area (Å²) in [6.45, 7) is 0. The van der Waals surface area contributed by atoms with E-state index in [9.17, 15) is 0 Å². The smallest absolute Gasteiger partial charge is 0.235 e. The maximum absolute atomic E-state index is 5.69. The summed E-state index contributed by atoms with van der Waals surface area (Å²) in [5, 5.41) is 6.36. The summed E-state index contributed by atoms with van der Waals surface area (Å²) in [7, 11) is 0. The molecule has 6 aromatic carbocycles. The van der Waals surface area contributed by atoms with E-state index in [1.165, 1.54) is 77.3 Å². The molecule has 1 aliphatic carbocycles. The Bertz CT molecular complexity index is 3160. The van der Waals surface area contributed by atoms with Crippen molar-refractivity contribution in [1.29, 1.82) is 0 Å². The van der Waals surface area contributed by atoms with Gasteiger partial charge in [-0.3, -0.25) is 4.57 Å². The molecule has 0 saturated heterocycles. The third-order valence-corrected chi connectivity index (χ3v) is 15.3. The lowest BCUT2D eigenvalue weighted by molar-refractivity contribution is 0.997. The maximum Gasteiger partial charge on any atom is 0.235 e. The summed E-state index contributed by atoms with van der Waals surface area (Å²) in [5.41, 5.74) is 8.35. The standard InChI is InChI=1S/C44H25N3S4/c1-2-13-25-24(12-1)36-26-14-3-6-18-30(26)47(40(36)37-27-15-4-7-19-31(27)49-42(25)37)44-45-38-28-16-5-8-20-32(28)50-43(38)39(46-44)29-17-11-23-35-41(29)51-34-22-10-9-21-33(34)48-35/h2-11,13-23H,1,12H2. The summed E-state index contributed by atoms with van der Waals surface area (Å²) in [6.07, 6.45) is 6.78. The lowest BCUT2D eigenvalue weighted by Gasteiger charge is -2.21. The van der Waals surface area contributed by atoms with Crippen molar-refractivity contribution in [3.8, 4) is 17.2 Å². The first-order valence-corrected chi connectivity index (χ1v) is 20.4. The van der Waals surface area contributed by atoms with E-state index in [0.717, 1.165) is 45.8 Å². The molecule has 0 unspecified atom stereocenters. The second-order valence-corrected chi connectivity index (χ2v) is 17.4. The molecule has 0 saturated carbocycles. The lowest BCUT2D eigenvalue weighted by Crippen LogP contribution is -2.04. The highest BCUT2D eigenvalue weighted by Crippen LogP contribution is 2.53. The molecule has 0 N–H and O–H groups in total. The zero-order valence-corrected chi connectivity index (χ0v) is 30.3.